The molecule has 0 amide bonds. The molecule has 0 spiro atoms. The minimum absolute atomic E-state index is 0.124. The van der Waals surface area contributed by atoms with Crippen LogP contribution in [-0.2, 0) is 10.0 Å². The van der Waals surface area contributed by atoms with E-state index in [0.717, 1.165) is 0 Å². The van der Waals surface area contributed by atoms with Crippen LogP contribution in [-0.4, -0.2) is 37.6 Å². The van der Waals surface area contributed by atoms with Crippen molar-refractivity contribution < 1.29 is 18.5 Å². The van der Waals surface area contributed by atoms with Crippen LogP contribution in [0, 0.1) is 0 Å². The Bertz CT molecular complexity index is 748. The molecule has 0 saturated heterocycles. The summed E-state index contributed by atoms with van der Waals surface area (Å²) < 4.78 is 25.5. The van der Waals surface area contributed by atoms with Crippen LogP contribution in [0.25, 0.3) is 11.1 Å². The standard InChI is InChI=1S/C12H14BN3O4S/c1-15-21(19,20)10-4-2-8(3-5-10)11-6-9(13(17)18)7-16-12(11)14/h2-7,15,17-18H,1H3,(H2,14,16). The van der Waals surface area contributed by atoms with E-state index in [9.17, 15) is 8.42 Å². The number of anilines is 1. The monoisotopic (exact) mass is 307 g/mol. The van der Waals surface area contributed by atoms with Gasteiger partial charge in [-0.15, -0.1) is 0 Å². The third kappa shape index (κ3) is 3.22. The predicted octanol–water partition coefficient (Wildman–Crippen LogP) is -1.08. The summed E-state index contributed by atoms with van der Waals surface area (Å²) in [4.78, 5) is 4.01. The fraction of sp³-hybridized carbons (Fsp3) is 0.0833. The zero-order chi connectivity index (χ0) is 15.6. The molecule has 0 aliphatic carbocycles. The van der Waals surface area contributed by atoms with Crippen LogP contribution in [0.3, 0.4) is 0 Å². The molecule has 7 nitrogen and oxygen atoms in total. The minimum atomic E-state index is -3.51. The molecule has 2 rings (SSSR count). The van der Waals surface area contributed by atoms with Crippen molar-refractivity contribution in [1.29, 1.82) is 0 Å². The summed E-state index contributed by atoms with van der Waals surface area (Å²) in [6, 6.07) is 7.51. The highest BCUT2D eigenvalue weighted by Gasteiger charge is 2.15. The number of nitrogens with zero attached hydrogens (tertiary/aromatic N) is 1. The molecule has 2 aromatic rings. The van der Waals surface area contributed by atoms with Crippen molar-refractivity contribution in [2.45, 2.75) is 4.90 Å². The lowest BCUT2D eigenvalue weighted by molar-refractivity contribution is 0.425. The van der Waals surface area contributed by atoms with E-state index in [1.807, 2.05) is 0 Å². The van der Waals surface area contributed by atoms with Gasteiger partial charge in [0.2, 0.25) is 10.0 Å². The first-order chi connectivity index (χ1) is 9.85. The second-order valence-corrected chi connectivity index (χ2v) is 6.19. The zero-order valence-electron chi connectivity index (χ0n) is 11.2. The number of nitrogen functional groups attached to an aromatic ring is 1. The van der Waals surface area contributed by atoms with Gasteiger partial charge in [0.05, 0.1) is 4.90 Å². The number of hydrogen-bond donors (Lipinski definition) is 4. The van der Waals surface area contributed by atoms with Crippen LogP contribution < -0.4 is 15.9 Å². The Kier molecular flexibility index (Phi) is 4.28. The van der Waals surface area contributed by atoms with Gasteiger partial charge in [-0.25, -0.2) is 18.1 Å². The Morgan fingerprint density at radius 1 is 1.24 bits per heavy atom. The first-order valence-corrected chi connectivity index (χ1v) is 7.49. The number of nitrogens with one attached hydrogen (secondary N) is 1. The third-order valence-electron chi connectivity index (χ3n) is 2.98. The Hall–Kier alpha value is -1.94. The number of hydrogen-bond acceptors (Lipinski definition) is 6. The van der Waals surface area contributed by atoms with Crippen LogP contribution in [0.2, 0.25) is 0 Å². The van der Waals surface area contributed by atoms with Crippen molar-refractivity contribution in [3.05, 3.63) is 36.5 Å². The smallest absolute Gasteiger partial charge is 0.423 e. The van der Waals surface area contributed by atoms with Gasteiger partial charge in [0.15, 0.2) is 0 Å². The molecule has 5 N–H and O–H groups in total. The molecule has 1 heterocycles. The van der Waals surface area contributed by atoms with E-state index in [0.29, 0.717) is 11.1 Å². The van der Waals surface area contributed by atoms with Crippen LogP contribution in [0.1, 0.15) is 0 Å². The molecule has 1 aromatic heterocycles. The van der Waals surface area contributed by atoms with Crippen LogP contribution in [0.5, 0.6) is 0 Å². The number of benzene rings is 1. The van der Waals surface area contributed by atoms with Gasteiger partial charge in [0, 0.05) is 17.2 Å². The van der Waals surface area contributed by atoms with E-state index < -0.39 is 17.1 Å². The van der Waals surface area contributed by atoms with Gasteiger partial charge in [0.25, 0.3) is 0 Å². The maximum absolute atomic E-state index is 11.6. The van der Waals surface area contributed by atoms with Gasteiger partial charge in [-0.1, -0.05) is 12.1 Å². The van der Waals surface area contributed by atoms with Crippen molar-refractivity contribution in [1.82, 2.24) is 9.71 Å². The summed E-state index contributed by atoms with van der Waals surface area (Å²) in [5.74, 6) is 0.212. The molecule has 0 fully saturated rings. The highest BCUT2D eigenvalue weighted by Crippen LogP contribution is 2.24. The number of aromatic nitrogens is 1. The lowest BCUT2D eigenvalue weighted by atomic mass is 9.80. The second kappa shape index (κ2) is 5.82. The van der Waals surface area contributed by atoms with Crippen molar-refractivity contribution in [3.63, 3.8) is 0 Å². The second-order valence-electron chi connectivity index (χ2n) is 4.31. The molecule has 0 radical (unpaired) electrons. The molecule has 9 heteroatoms. The molecule has 0 unspecified atom stereocenters. The van der Waals surface area contributed by atoms with Crippen molar-refractivity contribution in [2.75, 3.05) is 12.8 Å². The van der Waals surface area contributed by atoms with E-state index in [1.54, 1.807) is 12.1 Å². The molecule has 0 bridgehead atoms. The summed E-state index contributed by atoms with van der Waals surface area (Å²) in [7, 11) is -3.83. The normalized spacial score (nSPS) is 11.4. The molecular weight excluding hydrogens is 293 g/mol. The zero-order valence-corrected chi connectivity index (χ0v) is 12.0. The largest absolute Gasteiger partial charge is 0.490 e. The average Bonchev–Trinajstić information content (AvgIpc) is 2.47. The van der Waals surface area contributed by atoms with Crippen molar-refractivity contribution in [2.24, 2.45) is 0 Å². The Labute approximate surface area is 122 Å². The highest BCUT2D eigenvalue weighted by molar-refractivity contribution is 7.89. The first kappa shape index (κ1) is 15.5. The summed E-state index contributed by atoms with van der Waals surface area (Å²) in [6.07, 6.45) is 1.27. The molecule has 0 aliphatic rings. The minimum Gasteiger partial charge on any atom is -0.423 e. The van der Waals surface area contributed by atoms with E-state index >= 15 is 0 Å². The van der Waals surface area contributed by atoms with Crippen LogP contribution in [0.15, 0.2) is 41.4 Å². The van der Waals surface area contributed by atoms with Gasteiger partial charge in [-0.2, -0.15) is 0 Å². The maximum atomic E-state index is 11.6. The topological polar surface area (TPSA) is 126 Å². The van der Waals surface area contributed by atoms with Crippen LogP contribution in [0.4, 0.5) is 5.82 Å². The quantitative estimate of drug-likeness (QED) is 0.532. The highest BCUT2D eigenvalue weighted by atomic mass is 32.2. The SMILES string of the molecule is CNS(=O)(=O)c1ccc(-c2cc(B(O)O)cnc2N)cc1. The van der Waals surface area contributed by atoms with Crippen LogP contribution >= 0.6 is 0 Å². The third-order valence-corrected chi connectivity index (χ3v) is 4.41. The Balaban J connectivity index is 2.46. The number of sulfonamides is 1. The van der Waals surface area contributed by atoms with E-state index in [-0.39, 0.29) is 16.2 Å². The molecular formula is C12H14BN3O4S. The van der Waals surface area contributed by atoms with Gasteiger partial charge < -0.3 is 15.8 Å². The molecule has 0 saturated carbocycles. The maximum Gasteiger partial charge on any atom is 0.490 e. The summed E-state index contributed by atoms with van der Waals surface area (Å²) in [5.41, 5.74) is 7.08. The van der Waals surface area contributed by atoms with Gasteiger partial charge in [-0.05, 0) is 30.8 Å². The van der Waals surface area contributed by atoms with E-state index in [2.05, 4.69) is 9.71 Å². The fourth-order valence-corrected chi connectivity index (χ4v) is 2.53. The molecule has 0 atom stereocenters. The summed E-state index contributed by atoms with van der Waals surface area (Å²) in [6.45, 7) is 0. The number of pyridine rings is 1. The first-order valence-electron chi connectivity index (χ1n) is 6.00. The fourth-order valence-electron chi connectivity index (χ4n) is 1.80. The van der Waals surface area contributed by atoms with Crippen molar-refractivity contribution >= 4 is 28.4 Å². The molecule has 21 heavy (non-hydrogen) atoms. The van der Waals surface area contributed by atoms with E-state index in [4.69, 9.17) is 15.8 Å². The number of nitrogens with two attached hydrogens (primary N) is 1. The van der Waals surface area contributed by atoms with Gasteiger partial charge in [0.1, 0.15) is 5.82 Å². The summed E-state index contributed by atoms with van der Waals surface area (Å²) in [5, 5.41) is 18.3. The average molecular weight is 307 g/mol. The number of rotatable bonds is 4. The van der Waals surface area contributed by atoms with Crippen molar-refractivity contribution in [3.8, 4) is 11.1 Å². The summed E-state index contributed by atoms with van der Waals surface area (Å²) >= 11 is 0. The Morgan fingerprint density at radius 2 is 1.86 bits per heavy atom. The predicted molar refractivity (Wildman–Crippen MR) is 80.2 cm³/mol. The van der Waals surface area contributed by atoms with Gasteiger partial charge in [-0.3, -0.25) is 0 Å². The molecule has 1 aromatic carbocycles. The Morgan fingerprint density at radius 3 is 2.38 bits per heavy atom. The van der Waals surface area contributed by atoms with Gasteiger partial charge >= 0.3 is 7.12 Å². The molecule has 0 aliphatic heterocycles. The van der Waals surface area contributed by atoms with E-state index in [1.165, 1.54) is 31.4 Å². The lowest BCUT2D eigenvalue weighted by Crippen LogP contribution is -2.30. The molecule has 110 valence electrons. The lowest BCUT2D eigenvalue weighted by Gasteiger charge is -2.09.